The highest BCUT2D eigenvalue weighted by molar-refractivity contribution is 5.73. The predicted molar refractivity (Wildman–Crippen MR) is 67.3 cm³/mol. The molecular formula is C12H18N4O2. The maximum atomic E-state index is 11.4. The molecule has 1 aromatic heterocycles. The smallest absolute Gasteiger partial charge is 0.225 e. The van der Waals surface area contributed by atoms with E-state index in [-0.39, 0.29) is 12.0 Å². The van der Waals surface area contributed by atoms with Crippen molar-refractivity contribution in [2.24, 2.45) is 0 Å². The van der Waals surface area contributed by atoms with E-state index >= 15 is 0 Å². The monoisotopic (exact) mass is 250 g/mol. The average molecular weight is 250 g/mol. The Hall–Kier alpha value is -1.69. The largest absolute Gasteiger partial charge is 0.368 e. The number of anilines is 1. The van der Waals surface area contributed by atoms with E-state index in [1.807, 2.05) is 25.1 Å². The van der Waals surface area contributed by atoms with Crippen molar-refractivity contribution >= 4 is 11.9 Å². The average Bonchev–Trinajstić information content (AvgIpc) is 2.39. The quantitative estimate of drug-likeness (QED) is 0.763. The van der Waals surface area contributed by atoms with Crippen molar-refractivity contribution in [1.29, 1.82) is 0 Å². The number of hydrogen-bond donors (Lipinski definition) is 0. The number of carbonyl (C=O) groups excluding carboxylic acids is 1. The zero-order chi connectivity index (χ0) is 13.1. The molecule has 6 nitrogen and oxygen atoms in total. The van der Waals surface area contributed by atoms with Crippen LogP contribution in [0.2, 0.25) is 0 Å². The molecule has 1 aliphatic rings. The van der Waals surface area contributed by atoms with Gasteiger partial charge in [0.1, 0.15) is 6.10 Å². The Morgan fingerprint density at radius 3 is 3.00 bits per heavy atom. The molecule has 98 valence electrons. The highest BCUT2D eigenvalue weighted by Gasteiger charge is 2.24. The molecule has 1 aliphatic heterocycles. The van der Waals surface area contributed by atoms with Crippen LogP contribution in [0.4, 0.5) is 5.95 Å². The van der Waals surface area contributed by atoms with E-state index in [1.165, 1.54) is 0 Å². The summed E-state index contributed by atoms with van der Waals surface area (Å²) in [5, 5.41) is 0. The maximum Gasteiger partial charge on any atom is 0.225 e. The Balaban J connectivity index is 2.15. The van der Waals surface area contributed by atoms with Crippen LogP contribution in [-0.2, 0) is 9.53 Å². The van der Waals surface area contributed by atoms with Crippen molar-refractivity contribution in [3.05, 3.63) is 18.0 Å². The zero-order valence-corrected chi connectivity index (χ0v) is 11.0. The molecule has 0 bridgehead atoms. The second-order valence-electron chi connectivity index (χ2n) is 4.50. The lowest BCUT2D eigenvalue weighted by atomic mass is 10.2. The topological polar surface area (TPSA) is 58.6 Å². The summed E-state index contributed by atoms with van der Waals surface area (Å²) in [6.07, 6.45) is 1.55. The van der Waals surface area contributed by atoms with Gasteiger partial charge in [-0.1, -0.05) is 0 Å². The van der Waals surface area contributed by atoms with Crippen LogP contribution in [0.3, 0.4) is 0 Å². The number of rotatable bonds is 2. The van der Waals surface area contributed by atoms with E-state index < -0.39 is 0 Å². The van der Waals surface area contributed by atoms with Crippen LogP contribution in [0.5, 0.6) is 0 Å². The minimum atomic E-state index is -0.163. The Morgan fingerprint density at radius 1 is 1.56 bits per heavy atom. The van der Waals surface area contributed by atoms with Crippen LogP contribution in [-0.4, -0.2) is 54.6 Å². The van der Waals surface area contributed by atoms with Crippen molar-refractivity contribution in [3.8, 4) is 0 Å². The summed E-state index contributed by atoms with van der Waals surface area (Å²) in [6, 6.07) is 1.83. The molecular weight excluding hydrogens is 232 g/mol. The molecule has 1 amide bonds. The summed E-state index contributed by atoms with van der Waals surface area (Å²) >= 11 is 0. The molecule has 6 heteroatoms. The lowest BCUT2D eigenvalue weighted by Crippen LogP contribution is -2.41. The minimum absolute atomic E-state index is 0.0742. The number of hydrogen-bond acceptors (Lipinski definition) is 5. The lowest BCUT2D eigenvalue weighted by Gasteiger charge is -2.32. The summed E-state index contributed by atoms with van der Waals surface area (Å²) in [5.41, 5.74) is 0.819. The standard InChI is InChI=1S/C12H18N4O2/c1-9(17)16-6-7-18-11(8-16)10-4-5-13-12(14-10)15(2)3/h4-5,11H,6-8H2,1-3H3/t11-/m1/s1. The van der Waals surface area contributed by atoms with E-state index in [1.54, 1.807) is 18.0 Å². The van der Waals surface area contributed by atoms with Gasteiger partial charge in [0, 0.05) is 33.8 Å². The zero-order valence-electron chi connectivity index (χ0n) is 11.0. The molecule has 1 aromatic rings. The van der Waals surface area contributed by atoms with E-state index in [0.29, 0.717) is 25.6 Å². The fourth-order valence-electron chi connectivity index (χ4n) is 1.87. The van der Waals surface area contributed by atoms with Gasteiger partial charge in [0.2, 0.25) is 11.9 Å². The van der Waals surface area contributed by atoms with Gasteiger partial charge in [-0.25, -0.2) is 9.97 Å². The van der Waals surface area contributed by atoms with E-state index in [4.69, 9.17) is 4.74 Å². The van der Waals surface area contributed by atoms with Gasteiger partial charge in [0.25, 0.3) is 0 Å². The SMILES string of the molecule is CC(=O)N1CCO[C@@H](c2ccnc(N(C)C)n2)C1. The highest BCUT2D eigenvalue weighted by Crippen LogP contribution is 2.21. The number of ether oxygens (including phenoxy) is 1. The van der Waals surface area contributed by atoms with Crippen LogP contribution in [0.25, 0.3) is 0 Å². The van der Waals surface area contributed by atoms with Crippen LogP contribution in [0.15, 0.2) is 12.3 Å². The van der Waals surface area contributed by atoms with Gasteiger partial charge in [-0.15, -0.1) is 0 Å². The molecule has 0 radical (unpaired) electrons. The number of nitrogens with zero attached hydrogens (tertiary/aromatic N) is 4. The summed E-state index contributed by atoms with van der Waals surface area (Å²) in [5.74, 6) is 0.723. The van der Waals surface area contributed by atoms with Gasteiger partial charge in [0.15, 0.2) is 0 Å². The molecule has 0 aromatic carbocycles. The molecule has 1 fully saturated rings. The van der Waals surface area contributed by atoms with Crippen molar-refractivity contribution in [3.63, 3.8) is 0 Å². The highest BCUT2D eigenvalue weighted by atomic mass is 16.5. The van der Waals surface area contributed by atoms with E-state index in [0.717, 1.165) is 5.69 Å². The van der Waals surface area contributed by atoms with Crippen molar-refractivity contribution in [1.82, 2.24) is 14.9 Å². The van der Waals surface area contributed by atoms with E-state index in [9.17, 15) is 4.79 Å². The van der Waals surface area contributed by atoms with Crippen molar-refractivity contribution in [2.75, 3.05) is 38.7 Å². The molecule has 0 N–H and O–H groups in total. The molecule has 2 rings (SSSR count). The summed E-state index contributed by atoms with van der Waals surface area (Å²) in [4.78, 5) is 23.6. The Bertz CT molecular complexity index is 436. The second-order valence-corrected chi connectivity index (χ2v) is 4.50. The van der Waals surface area contributed by atoms with Crippen molar-refractivity contribution < 1.29 is 9.53 Å². The van der Waals surface area contributed by atoms with Gasteiger partial charge < -0.3 is 14.5 Å². The molecule has 0 saturated carbocycles. The summed E-state index contributed by atoms with van der Waals surface area (Å²) in [7, 11) is 3.78. The normalized spacial score (nSPS) is 19.7. The van der Waals surface area contributed by atoms with Crippen LogP contribution in [0, 0.1) is 0 Å². The second kappa shape index (κ2) is 5.30. The third kappa shape index (κ3) is 2.76. The molecule has 2 heterocycles. The number of amides is 1. The first kappa shape index (κ1) is 12.8. The van der Waals surface area contributed by atoms with Gasteiger partial charge in [-0.05, 0) is 6.07 Å². The number of aromatic nitrogens is 2. The van der Waals surface area contributed by atoms with Gasteiger partial charge in [0.05, 0.1) is 18.8 Å². The van der Waals surface area contributed by atoms with Gasteiger partial charge in [-0.3, -0.25) is 4.79 Å². The first-order chi connectivity index (χ1) is 8.58. The predicted octanol–water partition coefficient (Wildman–Crippen LogP) is 0.462. The Kier molecular flexibility index (Phi) is 3.76. The number of carbonyl (C=O) groups is 1. The molecule has 1 saturated heterocycles. The first-order valence-electron chi connectivity index (χ1n) is 5.95. The van der Waals surface area contributed by atoms with Crippen LogP contribution in [0.1, 0.15) is 18.7 Å². The van der Waals surface area contributed by atoms with Gasteiger partial charge >= 0.3 is 0 Å². The van der Waals surface area contributed by atoms with Crippen molar-refractivity contribution in [2.45, 2.75) is 13.0 Å². The fraction of sp³-hybridized carbons (Fsp3) is 0.583. The maximum absolute atomic E-state index is 11.4. The van der Waals surface area contributed by atoms with Crippen LogP contribution < -0.4 is 4.90 Å². The molecule has 0 aliphatic carbocycles. The Labute approximate surface area is 107 Å². The summed E-state index contributed by atoms with van der Waals surface area (Å²) < 4.78 is 5.68. The van der Waals surface area contributed by atoms with Crippen LogP contribution >= 0.6 is 0 Å². The molecule has 18 heavy (non-hydrogen) atoms. The molecule has 1 atom stereocenters. The lowest BCUT2D eigenvalue weighted by molar-refractivity contribution is -0.136. The minimum Gasteiger partial charge on any atom is -0.368 e. The third-order valence-electron chi connectivity index (χ3n) is 2.91. The first-order valence-corrected chi connectivity index (χ1v) is 5.95. The van der Waals surface area contributed by atoms with Gasteiger partial charge in [-0.2, -0.15) is 0 Å². The third-order valence-corrected chi connectivity index (χ3v) is 2.91. The molecule has 0 spiro atoms. The Morgan fingerprint density at radius 2 is 2.33 bits per heavy atom. The number of morpholine rings is 1. The van der Waals surface area contributed by atoms with E-state index in [2.05, 4.69) is 9.97 Å². The summed E-state index contributed by atoms with van der Waals surface area (Å²) in [6.45, 7) is 3.33. The fourth-order valence-corrected chi connectivity index (χ4v) is 1.87. The molecule has 0 unspecified atom stereocenters.